The number of aryl methyl sites for hydroxylation is 2. The summed E-state index contributed by atoms with van der Waals surface area (Å²) in [5.74, 6) is 1.20. The standard InChI is InChI=1S/C47H78N2O8S2/c1-7-11-15-19-23-27-31-54-41-35-39(5)45(37-43(41)56-33-29-25-21-17-13-9-3)58(50,51)47(49-48)59(52,53)46-38-44(57-34-30-26-22-18-14-10-4)42(36-40(46)6)55-32-28-24-20-16-12-8-2/h35-38H,7-34H2,1-6H3. The number of benzene rings is 2. The smallest absolute Gasteiger partial charge is 0.490 e. The number of rotatable bonds is 34. The molecule has 2 aromatic carbocycles. The molecule has 0 saturated heterocycles. The van der Waals surface area contributed by atoms with Crippen molar-refractivity contribution in [1.29, 1.82) is 0 Å². The van der Waals surface area contributed by atoms with E-state index >= 15 is 0 Å². The highest BCUT2D eigenvalue weighted by Gasteiger charge is 2.46. The Hall–Kier alpha value is -3.08. The minimum Gasteiger partial charge on any atom is -0.490 e. The zero-order chi connectivity index (χ0) is 43.4. The summed E-state index contributed by atoms with van der Waals surface area (Å²) in [6, 6.07) is 5.75. The molecule has 0 aliphatic rings. The van der Waals surface area contributed by atoms with Crippen LogP contribution in [0.4, 0.5) is 0 Å². The van der Waals surface area contributed by atoms with E-state index in [4.69, 9.17) is 18.9 Å². The molecule has 0 saturated carbocycles. The Labute approximate surface area is 359 Å². The lowest BCUT2D eigenvalue weighted by Gasteiger charge is -2.17. The van der Waals surface area contributed by atoms with Crippen LogP contribution in [0.5, 0.6) is 23.0 Å². The van der Waals surface area contributed by atoms with Crippen molar-refractivity contribution in [2.24, 2.45) is 0 Å². The van der Waals surface area contributed by atoms with E-state index in [-0.39, 0.29) is 32.4 Å². The van der Waals surface area contributed by atoms with Gasteiger partial charge in [-0.25, -0.2) is 16.8 Å². The molecule has 2 aromatic rings. The van der Waals surface area contributed by atoms with Crippen LogP contribution in [0, 0.1) is 13.8 Å². The first-order valence-corrected chi connectivity index (χ1v) is 26.0. The van der Waals surface area contributed by atoms with Gasteiger partial charge in [-0.1, -0.05) is 156 Å². The molecule has 0 N–H and O–H groups in total. The lowest BCUT2D eigenvalue weighted by Crippen LogP contribution is -2.27. The molecule has 0 amide bonds. The normalized spacial score (nSPS) is 11.7. The van der Waals surface area contributed by atoms with E-state index in [0.717, 1.165) is 103 Å². The highest BCUT2D eigenvalue weighted by atomic mass is 32.3. The minimum absolute atomic E-state index is 0.205. The van der Waals surface area contributed by atoms with E-state index in [1.54, 1.807) is 26.0 Å². The Balaban J connectivity index is 2.44. The van der Waals surface area contributed by atoms with Gasteiger partial charge in [0.2, 0.25) is 0 Å². The van der Waals surface area contributed by atoms with Gasteiger partial charge in [0.1, 0.15) is 0 Å². The van der Waals surface area contributed by atoms with Gasteiger partial charge in [-0.3, -0.25) is 0 Å². The molecular formula is C47H78N2O8S2. The zero-order valence-corrected chi connectivity index (χ0v) is 39.2. The number of sulfone groups is 2. The molecule has 2 rings (SSSR count). The third-order valence-corrected chi connectivity index (χ3v) is 15.1. The van der Waals surface area contributed by atoms with Crippen LogP contribution in [0.25, 0.3) is 5.53 Å². The summed E-state index contributed by atoms with van der Waals surface area (Å²) in [5, 5.41) is 0. The summed E-state index contributed by atoms with van der Waals surface area (Å²) in [6.07, 6.45) is 25.7. The van der Waals surface area contributed by atoms with Gasteiger partial charge in [-0.15, -0.1) is 4.79 Å². The van der Waals surface area contributed by atoms with Crippen molar-refractivity contribution in [3.8, 4) is 23.0 Å². The van der Waals surface area contributed by atoms with Crippen LogP contribution in [-0.4, -0.2) is 52.4 Å². The quantitative estimate of drug-likeness (QED) is 0.0223. The second-order valence-corrected chi connectivity index (χ2v) is 19.9. The van der Waals surface area contributed by atoms with Gasteiger partial charge in [-0.05, 0) is 62.8 Å². The Bertz CT molecular complexity index is 1630. The van der Waals surface area contributed by atoms with Gasteiger partial charge in [0.25, 0.3) is 19.7 Å². The van der Waals surface area contributed by atoms with Crippen molar-refractivity contribution < 1.29 is 40.6 Å². The first kappa shape index (κ1) is 52.1. The van der Waals surface area contributed by atoms with Gasteiger partial charge in [-0.2, -0.15) is 0 Å². The summed E-state index contributed by atoms with van der Waals surface area (Å²) in [7, 11) is -9.81. The van der Waals surface area contributed by atoms with E-state index in [9.17, 15) is 22.4 Å². The molecule has 0 aliphatic heterocycles. The van der Waals surface area contributed by atoms with E-state index in [2.05, 4.69) is 32.5 Å². The third-order valence-electron chi connectivity index (χ3n) is 10.6. The van der Waals surface area contributed by atoms with Gasteiger partial charge >= 0.3 is 4.38 Å². The molecule has 0 spiro atoms. The maximum atomic E-state index is 14.4. The van der Waals surface area contributed by atoms with E-state index < -0.39 is 24.1 Å². The van der Waals surface area contributed by atoms with Crippen molar-refractivity contribution in [3.63, 3.8) is 0 Å². The van der Waals surface area contributed by atoms with Crippen LogP contribution in [0.15, 0.2) is 34.1 Å². The Kier molecular flexibility index (Phi) is 26.5. The molecule has 0 aromatic heterocycles. The summed E-state index contributed by atoms with van der Waals surface area (Å²) < 4.78 is 80.6. The number of unbranched alkanes of at least 4 members (excludes halogenated alkanes) is 20. The topological polar surface area (TPSA) is 142 Å². The van der Waals surface area contributed by atoms with Crippen LogP contribution in [0.2, 0.25) is 0 Å². The summed E-state index contributed by atoms with van der Waals surface area (Å²) in [4.78, 5) is 2.30. The monoisotopic (exact) mass is 863 g/mol. The molecular weight excluding hydrogens is 785 g/mol. The second kappa shape index (κ2) is 30.0. The fraction of sp³-hybridized carbons (Fsp3) is 0.723. The van der Waals surface area contributed by atoms with E-state index in [0.29, 0.717) is 37.9 Å². The number of hydrogen-bond donors (Lipinski definition) is 0. The van der Waals surface area contributed by atoms with E-state index in [1.807, 2.05) is 0 Å². The van der Waals surface area contributed by atoms with Gasteiger partial charge < -0.3 is 24.5 Å². The Morgan fingerprint density at radius 2 is 0.661 bits per heavy atom. The highest BCUT2D eigenvalue weighted by Crippen LogP contribution is 2.38. The first-order chi connectivity index (χ1) is 28.5. The maximum Gasteiger partial charge on any atom is 0.504 e. The maximum absolute atomic E-state index is 14.4. The van der Waals surface area contributed by atoms with Crippen LogP contribution >= 0.6 is 0 Å². The molecule has 0 aliphatic carbocycles. The van der Waals surface area contributed by atoms with Crippen molar-refractivity contribution in [2.75, 3.05) is 26.4 Å². The molecule has 0 bridgehead atoms. The molecule has 0 heterocycles. The lowest BCUT2D eigenvalue weighted by atomic mass is 10.1. The summed E-state index contributed by atoms with van der Waals surface area (Å²) in [6.45, 7) is 13.4. The van der Waals surface area contributed by atoms with Gasteiger partial charge in [0.05, 0.1) is 36.2 Å². The van der Waals surface area contributed by atoms with Crippen molar-refractivity contribution >= 4 is 24.1 Å². The van der Waals surface area contributed by atoms with Crippen LogP contribution < -0.4 is 18.9 Å². The minimum atomic E-state index is -4.91. The number of hydrogen-bond acceptors (Lipinski definition) is 8. The molecule has 10 nitrogen and oxygen atoms in total. The van der Waals surface area contributed by atoms with Gasteiger partial charge in [0.15, 0.2) is 23.0 Å². The van der Waals surface area contributed by atoms with Crippen LogP contribution in [-0.2, 0) is 19.7 Å². The SMILES string of the molecule is CCCCCCCCOc1cc(C)c(S(=O)(=O)C(=[N+]=[N-])S(=O)(=O)c2cc(OCCCCCCCC)c(OCCCCCCCC)cc2C)cc1OCCCCCCCC. The van der Waals surface area contributed by atoms with Crippen molar-refractivity contribution in [2.45, 2.75) is 205 Å². The highest BCUT2D eigenvalue weighted by molar-refractivity contribution is 8.31. The van der Waals surface area contributed by atoms with Crippen molar-refractivity contribution in [1.82, 2.24) is 0 Å². The summed E-state index contributed by atoms with van der Waals surface area (Å²) in [5.41, 5.74) is 10.7. The van der Waals surface area contributed by atoms with Crippen LogP contribution in [0.3, 0.4) is 0 Å². The second-order valence-electron chi connectivity index (χ2n) is 16.0. The van der Waals surface area contributed by atoms with E-state index in [1.165, 1.54) is 63.5 Å². The first-order valence-electron chi connectivity index (χ1n) is 23.0. The van der Waals surface area contributed by atoms with Gasteiger partial charge in [0, 0.05) is 12.1 Å². The molecule has 0 unspecified atom stereocenters. The van der Waals surface area contributed by atoms with Crippen molar-refractivity contribution in [3.05, 3.63) is 40.9 Å². The molecule has 12 heteroatoms. The fourth-order valence-corrected chi connectivity index (χ4v) is 10.8. The lowest BCUT2D eigenvalue weighted by molar-refractivity contribution is 0.00379. The molecule has 59 heavy (non-hydrogen) atoms. The molecule has 0 fully saturated rings. The fourth-order valence-electron chi connectivity index (χ4n) is 7.01. The largest absolute Gasteiger partial charge is 0.504 e. The Morgan fingerprint density at radius 3 is 0.915 bits per heavy atom. The third kappa shape index (κ3) is 18.6. The average molecular weight is 863 g/mol. The summed E-state index contributed by atoms with van der Waals surface area (Å²) >= 11 is 0. The zero-order valence-electron chi connectivity index (χ0n) is 37.6. The predicted molar refractivity (Wildman–Crippen MR) is 241 cm³/mol. The number of ether oxygens (including phenoxy) is 4. The molecule has 0 atom stereocenters. The molecule has 0 radical (unpaired) electrons. The average Bonchev–Trinajstić information content (AvgIpc) is 3.20. The predicted octanol–water partition coefficient (Wildman–Crippen LogP) is 13.1. The molecule has 336 valence electrons. The van der Waals surface area contributed by atoms with Crippen LogP contribution in [0.1, 0.15) is 193 Å². The Morgan fingerprint density at radius 1 is 0.424 bits per heavy atom. The number of nitrogens with zero attached hydrogens (tertiary/aromatic N) is 2.